The van der Waals surface area contributed by atoms with Crippen LogP contribution in [0.3, 0.4) is 0 Å². The van der Waals surface area contributed by atoms with E-state index < -0.39 is 5.60 Å². The van der Waals surface area contributed by atoms with E-state index >= 15 is 0 Å². The van der Waals surface area contributed by atoms with E-state index in [4.69, 9.17) is 9.47 Å². The lowest BCUT2D eigenvalue weighted by Crippen LogP contribution is -2.37. The fraction of sp³-hybridized carbons (Fsp3) is 0.941. The Balaban J connectivity index is 1.89. The first-order valence-electron chi connectivity index (χ1n) is 8.57. The molecule has 4 unspecified atom stereocenters. The molecular formula is C17H30INO3. The summed E-state index contributed by atoms with van der Waals surface area (Å²) in [6.07, 6.45) is 6.57. The van der Waals surface area contributed by atoms with Crippen molar-refractivity contribution in [2.75, 3.05) is 13.1 Å². The first-order valence-corrected chi connectivity index (χ1v) is 9.82. The van der Waals surface area contributed by atoms with Gasteiger partial charge in [0.1, 0.15) is 5.60 Å². The Hall–Kier alpha value is -0.0400. The van der Waals surface area contributed by atoms with Crippen LogP contribution in [0.4, 0.5) is 4.79 Å². The zero-order valence-corrected chi connectivity index (χ0v) is 16.5. The van der Waals surface area contributed by atoms with Crippen molar-refractivity contribution in [3.05, 3.63) is 0 Å². The van der Waals surface area contributed by atoms with Crippen molar-refractivity contribution < 1.29 is 14.3 Å². The predicted molar refractivity (Wildman–Crippen MR) is 96.5 cm³/mol. The van der Waals surface area contributed by atoms with Crippen molar-refractivity contribution in [1.82, 2.24) is 4.90 Å². The summed E-state index contributed by atoms with van der Waals surface area (Å²) >= 11 is 2.42. The number of hydrogen-bond donors (Lipinski definition) is 0. The van der Waals surface area contributed by atoms with Crippen molar-refractivity contribution in [3.63, 3.8) is 0 Å². The number of nitrogens with zero attached hydrogens (tertiary/aromatic N) is 1. The summed E-state index contributed by atoms with van der Waals surface area (Å²) in [5.74, 6) is 0.688. The Morgan fingerprint density at radius 2 is 1.86 bits per heavy atom. The summed E-state index contributed by atoms with van der Waals surface area (Å²) in [6, 6.07) is 0. The Kier molecular flexibility index (Phi) is 6.39. The molecule has 0 aromatic heterocycles. The number of ether oxygens (including phenoxy) is 2. The average molecular weight is 423 g/mol. The van der Waals surface area contributed by atoms with Gasteiger partial charge in [-0.25, -0.2) is 4.79 Å². The van der Waals surface area contributed by atoms with E-state index in [0.717, 1.165) is 6.54 Å². The van der Waals surface area contributed by atoms with Crippen LogP contribution in [0.15, 0.2) is 0 Å². The lowest BCUT2D eigenvalue weighted by molar-refractivity contribution is -0.0536. The number of hydrogen-bond acceptors (Lipinski definition) is 3. The van der Waals surface area contributed by atoms with E-state index in [1.807, 2.05) is 20.8 Å². The van der Waals surface area contributed by atoms with Gasteiger partial charge in [0, 0.05) is 6.54 Å². The summed E-state index contributed by atoms with van der Waals surface area (Å²) in [6.45, 7) is 9.37. The average Bonchev–Trinajstić information content (AvgIpc) is 2.79. The van der Waals surface area contributed by atoms with Crippen molar-refractivity contribution >= 4 is 28.7 Å². The SMILES string of the molecule is CCC1CCCCC1OC1CN(C(=O)OC(C)(C)C)CC1I. The summed E-state index contributed by atoms with van der Waals surface area (Å²) in [5.41, 5.74) is -0.437. The molecule has 4 nitrogen and oxygen atoms in total. The second kappa shape index (κ2) is 7.69. The van der Waals surface area contributed by atoms with Gasteiger partial charge in [0.15, 0.2) is 0 Å². The Labute approximate surface area is 148 Å². The van der Waals surface area contributed by atoms with Crippen LogP contribution in [0.25, 0.3) is 0 Å². The molecule has 2 aliphatic rings. The third-order valence-electron chi connectivity index (χ3n) is 4.56. The highest BCUT2D eigenvalue weighted by atomic mass is 127. The minimum atomic E-state index is -0.437. The standard InChI is InChI=1S/C17H30INO3/c1-5-12-8-6-7-9-14(12)21-15-11-19(10-13(15)18)16(20)22-17(2,3)4/h12-15H,5-11H2,1-4H3. The molecule has 1 heterocycles. The maximum absolute atomic E-state index is 12.2. The number of likely N-dealkylation sites (tertiary alicyclic amines) is 1. The first kappa shape index (κ1) is 18.3. The van der Waals surface area contributed by atoms with Crippen molar-refractivity contribution in [1.29, 1.82) is 0 Å². The van der Waals surface area contributed by atoms with Gasteiger partial charge in [-0.05, 0) is 39.5 Å². The van der Waals surface area contributed by atoms with Crippen LogP contribution < -0.4 is 0 Å². The molecule has 2 fully saturated rings. The van der Waals surface area contributed by atoms with Crippen molar-refractivity contribution in [2.45, 2.75) is 81.5 Å². The number of halogens is 1. The molecule has 5 heteroatoms. The van der Waals surface area contributed by atoms with E-state index in [0.29, 0.717) is 22.5 Å². The van der Waals surface area contributed by atoms with E-state index in [1.165, 1.54) is 32.1 Å². The molecule has 0 radical (unpaired) electrons. The number of carbonyl (C=O) groups excluding carboxylic acids is 1. The van der Waals surface area contributed by atoms with E-state index in [-0.39, 0.29) is 12.2 Å². The molecule has 4 atom stereocenters. The quantitative estimate of drug-likeness (QED) is 0.499. The maximum Gasteiger partial charge on any atom is 0.410 e. The van der Waals surface area contributed by atoms with Crippen LogP contribution >= 0.6 is 22.6 Å². The fourth-order valence-electron chi connectivity index (χ4n) is 3.38. The topological polar surface area (TPSA) is 38.8 Å². The monoisotopic (exact) mass is 423 g/mol. The highest BCUT2D eigenvalue weighted by Gasteiger charge is 2.39. The Morgan fingerprint density at radius 1 is 1.18 bits per heavy atom. The summed E-state index contributed by atoms with van der Waals surface area (Å²) < 4.78 is 12.3. The smallest absolute Gasteiger partial charge is 0.410 e. The van der Waals surface area contributed by atoms with Gasteiger partial charge < -0.3 is 14.4 Å². The van der Waals surface area contributed by atoms with Gasteiger partial charge in [-0.1, -0.05) is 48.8 Å². The van der Waals surface area contributed by atoms with Crippen LogP contribution in [0.2, 0.25) is 0 Å². The lowest BCUT2D eigenvalue weighted by Gasteiger charge is -2.33. The van der Waals surface area contributed by atoms with Gasteiger partial charge in [-0.3, -0.25) is 0 Å². The summed E-state index contributed by atoms with van der Waals surface area (Å²) in [4.78, 5) is 14.0. The van der Waals surface area contributed by atoms with Gasteiger partial charge in [-0.2, -0.15) is 0 Å². The van der Waals surface area contributed by atoms with Crippen LogP contribution in [-0.4, -0.2) is 45.8 Å². The third-order valence-corrected chi connectivity index (χ3v) is 5.76. The van der Waals surface area contributed by atoms with Crippen LogP contribution in [0, 0.1) is 5.92 Å². The molecule has 22 heavy (non-hydrogen) atoms. The van der Waals surface area contributed by atoms with Crippen LogP contribution in [-0.2, 0) is 9.47 Å². The van der Waals surface area contributed by atoms with Crippen LogP contribution in [0.1, 0.15) is 59.8 Å². The number of amides is 1. The molecule has 0 aromatic rings. The second-order valence-corrected chi connectivity index (χ2v) is 9.17. The molecule has 0 spiro atoms. The minimum absolute atomic E-state index is 0.144. The molecule has 1 aliphatic heterocycles. The van der Waals surface area contributed by atoms with Gasteiger partial charge in [0.05, 0.1) is 22.7 Å². The van der Waals surface area contributed by atoms with Gasteiger partial charge >= 0.3 is 6.09 Å². The molecule has 0 bridgehead atoms. The number of alkyl halides is 1. The molecule has 1 saturated carbocycles. The molecule has 1 saturated heterocycles. The highest BCUT2D eigenvalue weighted by molar-refractivity contribution is 14.1. The first-order chi connectivity index (χ1) is 10.3. The minimum Gasteiger partial charge on any atom is -0.444 e. The number of rotatable bonds is 3. The summed E-state index contributed by atoms with van der Waals surface area (Å²) in [7, 11) is 0. The second-order valence-electron chi connectivity index (χ2n) is 7.57. The fourth-order valence-corrected chi connectivity index (χ4v) is 4.25. The van der Waals surface area contributed by atoms with E-state index in [9.17, 15) is 4.79 Å². The zero-order valence-electron chi connectivity index (χ0n) is 14.3. The largest absolute Gasteiger partial charge is 0.444 e. The van der Waals surface area contributed by atoms with Crippen molar-refractivity contribution in [2.24, 2.45) is 5.92 Å². The molecule has 2 rings (SSSR count). The third kappa shape index (κ3) is 4.98. The normalized spacial score (nSPS) is 33.0. The highest BCUT2D eigenvalue weighted by Crippen LogP contribution is 2.33. The Morgan fingerprint density at radius 3 is 2.50 bits per heavy atom. The molecule has 0 N–H and O–H groups in total. The summed E-state index contributed by atoms with van der Waals surface area (Å²) in [5, 5.41) is 0. The van der Waals surface area contributed by atoms with Gasteiger partial charge in [-0.15, -0.1) is 0 Å². The molecular weight excluding hydrogens is 393 g/mol. The lowest BCUT2D eigenvalue weighted by atomic mass is 9.84. The van der Waals surface area contributed by atoms with E-state index in [1.54, 1.807) is 4.90 Å². The van der Waals surface area contributed by atoms with Crippen molar-refractivity contribution in [3.8, 4) is 0 Å². The molecule has 1 amide bonds. The maximum atomic E-state index is 12.2. The zero-order chi connectivity index (χ0) is 16.3. The predicted octanol–water partition coefficient (Wildman–Crippen LogP) is 4.39. The van der Waals surface area contributed by atoms with Gasteiger partial charge in [0.2, 0.25) is 0 Å². The Bertz CT molecular complexity index is 383. The molecule has 0 aromatic carbocycles. The molecule has 1 aliphatic carbocycles. The molecule has 128 valence electrons. The number of carbonyl (C=O) groups is 1. The van der Waals surface area contributed by atoms with E-state index in [2.05, 4.69) is 29.5 Å². The van der Waals surface area contributed by atoms with Gasteiger partial charge in [0.25, 0.3) is 0 Å². The van der Waals surface area contributed by atoms with Crippen LogP contribution in [0.5, 0.6) is 0 Å².